The van der Waals surface area contributed by atoms with E-state index in [0.29, 0.717) is 12.0 Å². The van der Waals surface area contributed by atoms with Crippen molar-refractivity contribution in [3.63, 3.8) is 0 Å². The third kappa shape index (κ3) is 1.87. The van der Waals surface area contributed by atoms with Crippen LogP contribution in [0.25, 0.3) is 5.57 Å². The van der Waals surface area contributed by atoms with Gasteiger partial charge >= 0.3 is 0 Å². The molecule has 0 bridgehead atoms. The first-order chi connectivity index (χ1) is 10.1. The summed E-state index contributed by atoms with van der Waals surface area (Å²) < 4.78 is 0. The maximum absolute atomic E-state index is 11.6. The molecular weight excluding hydrogens is 284 g/mol. The zero-order valence-corrected chi connectivity index (χ0v) is 13.1. The summed E-state index contributed by atoms with van der Waals surface area (Å²) in [7, 11) is 4.28. The molecule has 3 aliphatic rings. The summed E-state index contributed by atoms with van der Waals surface area (Å²) in [5, 5.41) is -0.250. The first kappa shape index (κ1) is 13.4. The number of fused-ring (bicyclic) bond motifs is 2. The van der Waals surface area contributed by atoms with Crippen LogP contribution in [0.4, 0.5) is 5.69 Å². The zero-order valence-electron chi connectivity index (χ0n) is 12.3. The lowest BCUT2D eigenvalue weighted by atomic mass is 9.75. The summed E-state index contributed by atoms with van der Waals surface area (Å²) in [4.78, 5) is 16.3. The highest BCUT2D eigenvalue weighted by atomic mass is 35.5. The van der Waals surface area contributed by atoms with Crippen LogP contribution in [0.3, 0.4) is 0 Å². The summed E-state index contributed by atoms with van der Waals surface area (Å²) in [5.41, 5.74) is 5.44. The summed E-state index contributed by atoms with van der Waals surface area (Å²) in [6.45, 7) is 1.83. The van der Waals surface area contributed by atoms with E-state index in [1.165, 1.54) is 22.4 Å². The Hall–Kier alpha value is -1.32. The molecule has 110 valence electrons. The first-order valence-electron chi connectivity index (χ1n) is 7.52. The number of carbonyl (C=O) groups excluding carboxylic acids is 1. The van der Waals surface area contributed by atoms with Gasteiger partial charge in [-0.15, -0.1) is 0 Å². The molecule has 1 aromatic carbocycles. The standard InChI is InChI=1S/C17H19ClN2O/c1-19-8-10-7-15-13(6-11(17(18)21)9-20(15)2)12-4-3-5-14(19)16(10)12/h3-6,10-11,15H,7-9H2,1-2H3/t10?,11-,15-/m1/s1. The molecule has 0 N–H and O–H groups in total. The van der Waals surface area contributed by atoms with Crippen LogP contribution < -0.4 is 4.90 Å². The molecule has 1 unspecified atom stereocenters. The second-order valence-electron chi connectivity index (χ2n) is 6.54. The fraction of sp³-hybridized carbons (Fsp3) is 0.471. The molecule has 1 aromatic rings. The number of halogens is 1. The van der Waals surface area contributed by atoms with Crippen molar-refractivity contribution in [2.45, 2.75) is 18.4 Å². The molecular formula is C17H19ClN2O. The van der Waals surface area contributed by atoms with Crippen LogP contribution in [-0.4, -0.2) is 43.4 Å². The molecule has 0 saturated carbocycles. The number of likely N-dealkylation sites (N-methyl/N-ethyl adjacent to an activating group) is 2. The second-order valence-corrected chi connectivity index (χ2v) is 6.91. The highest BCUT2D eigenvalue weighted by molar-refractivity contribution is 6.64. The molecule has 3 atom stereocenters. The Kier molecular flexibility index (Phi) is 2.92. The van der Waals surface area contributed by atoms with E-state index in [1.54, 1.807) is 0 Å². The predicted molar refractivity (Wildman–Crippen MR) is 85.8 cm³/mol. The van der Waals surface area contributed by atoms with Crippen LogP contribution in [-0.2, 0) is 4.79 Å². The molecule has 0 radical (unpaired) electrons. The van der Waals surface area contributed by atoms with Crippen molar-refractivity contribution in [3.05, 3.63) is 35.4 Å². The topological polar surface area (TPSA) is 23.6 Å². The maximum atomic E-state index is 11.6. The molecule has 21 heavy (non-hydrogen) atoms. The highest BCUT2D eigenvalue weighted by Gasteiger charge is 2.41. The predicted octanol–water partition coefficient (Wildman–Crippen LogP) is 2.70. The molecule has 0 spiro atoms. The molecule has 2 heterocycles. The molecule has 1 aliphatic carbocycles. The second kappa shape index (κ2) is 4.59. The number of rotatable bonds is 1. The third-order valence-corrected chi connectivity index (χ3v) is 5.54. The van der Waals surface area contributed by atoms with Crippen molar-refractivity contribution in [1.82, 2.24) is 4.90 Å². The van der Waals surface area contributed by atoms with Crippen LogP contribution in [0.5, 0.6) is 0 Å². The van der Waals surface area contributed by atoms with Crippen LogP contribution >= 0.6 is 11.6 Å². The van der Waals surface area contributed by atoms with Gasteiger partial charge in [-0.25, -0.2) is 0 Å². The SMILES string of the molecule is CN1CC2C[C@@H]3C(=C[C@@H](C(=O)Cl)CN3C)c3cccc1c32. The summed E-state index contributed by atoms with van der Waals surface area (Å²) in [5.74, 6) is 0.420. The van der Waals surface area contributed by atoms with Crippen LogP contribution in [0.15, 0.2) is 24.3 Å². The van der Waals surface area contributed by atoms with Gasteiger partial charge in [0, 0.05) is 37.8 Å². The van der Waals surface area contributed by atoms with E-state index in [-0.39, 0.29) is 11.2 Å². The van der Waals surface area contributed by atoms with Gasteiger partial charge < -0.3 is 4.90 Å². The van der Waals surface area contributed by atoms with Crippen molar-refractivity contribution >= 4 is 28.1 Å². The minimum absolute atomic E-state index is 0.186. The van der Waals surface area contributed by atoms with E-state index in [4.69, 9.17) is 11.6 Å². The summed E-state index contributed by atoms with van der Waals surface area (Å²) >= 11 is 5.76. The quantitative estimate of drug-likeness (QED) is 0.745. The van der Waals surface area contributed by atoms with Gasteiger partial charge in [0.05, 0.1) is 5.92 Å². The average molecular weight is 303 g/mol. The van der Waals surface area contributed by atoms with Gasteiger partial charge in [0.1, 0.15) is 0 Å². The lowest BCUT2D eigenvalue weighted by molar-refractivity contribution is -0.114. The molecule has 0 amide bonds. The highest BCUT2D eigenvalue weighted by Crippen LogP contribution is 2.49. The lowest BCUT2D eigenvalue weighted by Crippen LogP contribution is -2.44. The number of hydrogen-bond acceptors (Lipinski definition) is 3. The zero-order chi connectivity index (χ0) is 14.7. The molecule has 0 saturated heterocycles. The van der Waals surface area contributed by atoms with E-state index in [0.717, 1.165) is 19.5 Å². The summed E-state index contributed by atoms with van der Waals surface area (Å²) in [6.07, 6.45) is 3.25. The fourth-order valence-corrected chi connectivity index (χ4v) is 4.45. The van der Waals surface area contributed by atoms with Gasteiger partial charge in [0.15, 0.2) is 0 Å². The Morgan fingerprint density at radius 2 is 2.10 bits per heavy atom. The first-order valence-corrected chi connectivity index (χ1v) is 7.89. The van der Waals surface area contributed by atoms with Gasteiger partial charge in [-0.3, -0.25) is 9.69 Å². The molecule has 4 rings (SSSR count). The number of nitrogens with zero attached hydrogens (tertiary/aromatic N) is 2. The van der Waals surface area contributed by atoms with Crippen molar-refractivity contribution in [2.24, 2.45) is 5.92 Å². The van der Waals surface area contributed by atoms with E-state index in [1.807, 2.05) is 0 Å². The number of carbonyl (C=O) groups is 1. The van der Waals surface area contributed by atoms with Crippen molar-refractivity contribution in [2.75, 3.05) is 32.1 Å². The van der Waals surface area contributed by atoms with Gasteiger partial charge in [-0.2, -0.15) is 0 Å². The van der Waals surface area contributed by atoms with Gasteiger partial charge in [-0.05, 0) is 47.8 Å². The largest absolute Gasteiger partial charge is 0.374 e. The Labute approximate surface area is 130 Å². The Morgan fingerprint density at radius 1 is 1.29 bits per heavy atom. The number of hydrogen-bond donors (Lipinski definition) is 0. The molecule has 3 nitrogen and oxygen atoms in total. The molecule has 4 heteroatoms. The van der Waals surface area contributed by atoms with Crippen LogP contribution in [0, 0.1) is 5.92 Å². The minimum atomic E-state index is -0.250. The smallest absolute Gasteiger partial charge is 0.229 e. The van der Waals surface area contributed by atoms with Gasteiger partial charge in [-0.1, -0.05) is 18.2 Å². The Bertz CT molecular complexity index is 654. The Morgan fingerprint density at radius 3 is 2.86 bits per heavy atom. The third-order valence-electron chi connectivity index (χ3n) is 5.26. The molecule has 0 aromatic heterocycles. The van der Waals surface area contributed by atoms with E-state index in [9.17, 15) is 4.79 Å². The lowest BCUT2D eigenvalue weighted by Gasteiger charge is -2.41. The van der Waals surface area contributed by atoms with E-state index >= 15 is 0 Å². The van der Waals surface area contributed by atoms with Crippen molar-refractivity contribution < 1.29 is 4.79 Å². The molecule has 2 aliphatic heterocycles. The summed E-state index contributed by atoms with van der Waals surface area (Å²) in [6, 6.07) is 6.95. The van der Waals surface area contributed by atoms with Gasteiger partial charge in [0.2, 0.25) is 5.24 Å². The normalized spacial score (nSPS) is 30.7. The number of anilines is 1. The van der Waals surface area contributed by atoms with E-state index < -0.39 is 0 Å². The maximum Gasteiger partial charge on any atom is 0.229 e. The monoisotopic (exact) mass is 302 g/mol. The Balaban J connectivity index is 1.89. The van der Waals surface area contributed by atoms with Crippen molar-refractivity contribution in [3.8, 4) is 0 Å². The van der Waals surface area contributed by atoms with E-state index in [2.05, 4.69) is 48.2 Å². The molecule has 0 fully saturated rings. The average Bonchev–Trinajstić information content (AvgIpc) is 2.78. The number of benzene rings is 1. The van der Waals surface area contributed by atoms with Gasteiger partial charge in [0.25, 0.3) is 0 Å². The fourth-order valence-electron chi connectivity index (χ4n) is 4.32. The minimum Gasteiger partial charge on any atom is -0.374 e. The van der Waals surface area contributed by atoms with Crippen LogP contribution in [0.1, 0.15) is 23.5 Å². The van der Waals surface area contributed by atoms with Crippen LogP contribution in [0.2, 0.25) is 0 Å². The van der Waals surface area contributed by atoms with Crippen molar-refractivity contribution in [1.29, 1.82) is 0 Å².